The van der Waals surface area contributed by atoms with Crippen molar-refractivity contribution in [2.24, 2.45) is 5.92 Å². The van der Waals surface area contributed by atoms with Gasteiger partial charge in [-0.15, -0.1) is 0 Å². The molecule has 0 aromatic heterocycles. The Morgan fingerprint density at radius 3 is 2.65 bits per heavy atom. The SMILES string of the molecule is CC(C)[C@@H]1CN(Cc2ccccc2C(F)(F)F)CCO1. The summed E-state index contributed by atoms with van der Waals surface area (Å²) in [6.45, 7) is 6.40. The summed E-state index contributed by atoms with van der Waals surface area (Å²) >= 11 is 0. The van der Waals surface area contributed by atoms with Crippen LogP contribution in [0.2, 0.25) is 0 Å². The van der Waals surface area contributed by atoms with E-state index in [1.54, 1.807) is 12.1 Å². The molecule has 1 atom stereocenters. The minimum Gasteiger partial charge on any atom is -0.375 e. The number of nitrogens with zero attached hydrogens (tertiary/aromatic N) is 1. The molecule has 0 unspecified atom stereocenters. The molecule has 2 rings (SSSR count). The van der Waals surface area contributed by atoms with Crippen molar-refractivity contribution in [1.29, 1.82) is 0 Å². The largest absolute Gasteiger partial charge is 0.416 e. The summed E-state index contributed by atoms with van der Waals surface area (Å²) in [4.78, 5) is 2.04. The van der Waals surface area contributed by atoms with Crippen molar-refractivity contribution < 1.29 is 17.9 Å². The third-order valence-electron chi connectivity index (χ3n) is 3.64. The quantitative estimate of drug-likeness (QED) is 0.843. The number of rotatable bonds is 3. The van der Waals surface area contributed by atoms with Gasteiger partial charge < -0.3 is 4.74 Å². The first-order valence-electron chi connectivity index (χ1n) is 6.87. The molecule has 0 saturated carbocycles. The van der Waals surface area contributed by atoms with Gasteiger partial charge in [-0.05, 0) is 17.5 Å². The third-order valence-corrected chi connectivity index (χ3v) is 3.64. The van der Waals surface area contributed by atoms with Crippen LogP contribution in [0.3, 0.4) is 0 Å². The van der Waals surface area contributed by atoms with Gasteiger partial charge in [0.2, 0.25) is 0 Å². The Labute approximate surface area is 117 Å². The summed E-state index contributed by atoms with van der Waals surface area (Å²) in [5.41, 5.74) is -0.197. The second-order valence-corrected chi connectivity index (χ2v) is 5.54. The van der Waals surface area contributed by atoms with Crippen molar-refractivity contribution in [3.63, 3.8) is 0 Å². The van der Waals surface area contributed by atoms with E-state index in [9.17, 15) is 13.2 Å². The molecule has 0 bridgehead atoms. The van der Waals surface area contributed by atoms with Crippen LogP contribution >= 0.6 is 0 Å². The van der Waals surface area contributed by atoms with Crippen LogP contribution in [0.4, 0.5) is 13.2 Å². The molecule has 1 aliphatic heterocycles. The van der Waals surface area contributed by atoms with E-state index in [1.807, 2.05) is 4.90 Å². The molecule has 0 radical (unpaired) electrons. The zero-order chi connectivity index (χ0) is 14.8. The van der Waals surface area contributed by atoms with Gasteiger partial charge in [0.15, 0.2) is 0 Å². The first kappa shape index (κ1) is 15.3. The Morgan fingerprint density at radius 1 is 1.30 bits per heavy atom. The maximum Gasteiger partial charge on any atom is 0.416 e. The number of hydrogen-bond donors (Lipinski definition) is 0. The molecule has 2 nitrogen and oxygen atoms in total. The number of benzene rings is 1. The average molecular weight is 287 g/mol. The number of halogens is 3. The molecule has 1 saturated heterocycles. The Kier molecular flexibility index (Phi) is 4.70. The van der Waals surface area contributed by atoms with Gasteiger partial charge in [-0.25, -0.2) is 0 Å². The maximum atomic E-state index is 13.0. The lowest BCUT2D eigenvalue weighted by atomic mass is 10.0. The number of alkyl halides is 3. The zero-order valence-corrected chi connectivity index (χ0v) is 11.8. The van der Waals surface area contributed by atoms with Crippen LogP contribution in [0, 0.1) is 5.92 Å². The molecule has 0 aliphatic carbocycles. The topological polar surface area (TPSA) is 12.5 Å². The highest BCUT2D eigenvalue weighted by molar-refractivity contribution is 5.29. The Hall–Kier alpha value is -1.07. The Bertz CT molecular complexity index is 445. The molecular formula is C15H20F3NO. The third kappa shape index (κ3) is 3.73. The molecule has 1 aliphatic rings. The van der Waals surface area contributed by atoms with Crippen molar-refractivity contribution in [1.82, 2.24) is 4.90 Å². The molecule has 0 spiro atoms. The van der Waals surface area contributed by atoms with Gasteiger partial charge in [0.25, 0.3) is 0 Å². The molecule has 0 N–H and O–H groups in total. The second-order valence-electron chi connectivity index (χ2n) is 5.54. The lowest BCUT2D eigenvalue weighted by Crippen LogP contribution is -2.44. The zero-order valence-electron chi connectivity index (χ0n) is 11.8. The molecule has 1 aromatic carbocycles. The van der Waals surface area contributed by atoms with Gasteiger partial charge in [0.05, 0.1) is 18.3 Å². The first-order valence-corrected chi connectivity index (χ1v) is 6.87. The number of morpholine rings is 1. The monoisotopic (exact) mass is 287 g/mol. The van der Waals surface area contributed by atoms with Gasteiger partial charge in [-0.1, -0.05) is 32.0 Å². The molecule has 5 heteroatoms. The van der Waals surface area contributed by atoms with Gasteiger partial charge in [-0.2, -0.15) is 13.2 Å². The Morgan fingerprint density at radius 2 is 2.00 bits per heavy atom. The van der Waals surface area contributed by atoms with Crippen molar-refractivity contribution >= 4 is 0 Å². The van der Waals surface area contributed by atoms with Crippen LogP contribution in [0.25, 0.3) is 0 Å². The van der Waals surface area contributed by atoms with Gasteiger partial charge in [0, 0.05) is 19.6 Å². The van der Waals surface area contributed by atoms with Crippen LogP contribution in [-0.4, -0.2) is 30.7 Å². The lowest BCUT2D eigenvalue weighted by Gasteiger charge is -2.35. The summed E-state index contributed by atoms with van der Waals surface area (Å²) in [5.74, 6) is 0.371. The minimum absolute atomic E-state index is 0.0989. The van der Waals surface area contributed by atoms with Crippen molar-refractivity contribution in [3.8, 4) is 0 Å². The van der Waals surface area contributed by atoms with Crippen molar-refractivity contribution in [2.75, 3.05) is 19.7 Å². The van der Waals surface area contributed by atoms with E-state index in [4.69, 9.17) is 4.74 Å². The van der Waals surface area contributed by atoms with Crippen LogP contribution in [0.15, 0.2) is 24.3 Å². The molecule has 1 aromatic rings. The van der Waals surface area contributed by atoms with E-state index in [-0.39, 0.29) is 6.10 Å². The summed E-state index contributed by atoms with van der Waals surface area (Å²) in [7, 11) is 0. The highest BCUT2D eigenvalue weighted by atomic mass is 19.4. The molecule has 1 heterocycles. The smallest absolute Gasteiger partial charge is 0.375 e. The van der Waals surface area contributed by atoms with Crippen LogP contribution in [-0.2, 0) is 17.5 Å². The van der Waals surface area contributed by atoms with E-state index >= 15 is 0 Å². The average Bonchev–Trinajstić information content (AvgIpc) is 2.38. The molecule has 20 heavy (non-hydrogen) atoms. The lowest BCUT2D eigenvalue weighted by molar-refractivity contribution is -0.138. The number of ether oxygens (including phenoxy) is 1. The molecular weight excluding hydrogens is 267 g/mol. The summed E-state index contributed by atoms with van der Waals surface area (Å²) < 4.78 is 44.5. The maximum absolute atomic E-state index is 13.0. The van der Waals surface area contributed by atoms with Gasteiger partial charge in [-0.3, -0.25) is 4.90 Å². The molecule has 0 amide bonds. The van der Waals surface area contributed by atoms with Crippen LogP contribution in [0.1, 0.15) is 25.0 Å². The second kappa shape index (κ2) is 6.14. The van der Waals surface area contributed by atoms with Gasteiger partial charge in [0.1, 0.15) is 0 Å². The van der Waals surface area contributed by atoms with Crippen LogP contribution < -0.4 is 0 Å². The standard InChI is InChI=1S/C15H20F3NO/c1-11(2)14-10-19(7-8-20-14)9-12-5-3-4-6-13(12)15(16,17)18/h3-6,11,14H,7-10H2,1-2H3/t14-/m0/s1. The predicted molar refractivity (Wildman–Crippen MR) is 71.3 cm³/mol. The Balaban J connectivity index is 2.10. The summed E-state index contributed by atoms with van der Waals surface area (Å²) in [5, 5.41) is 0. The first-order chi connectivity index (χ1) is 9.38. The fraction of sp³-hybridized carbons (Fsp3) is 0.600. The molecule has 112 valence electrons. The predicted octanol–water partition coefficient (Wildman–Crippen LogP) is 3.56. The normalized spacial score (nSPS) is 21.4. The van der Waals surface area contributed by atoms with Gasteiger partial charge >= 0.3 is 6.18 Å². The van der Waals surface area contributed by atoms with E-state index in [1.165, 1.54) is 6.07 Å². The highest BCUT2D eigenvalue weighted by Gasteiger charge is 2.33. The van der Waals surface area contributed by atoms with Crippen molar-refractivity contribution in [3.05, 3.63) is 35.4 Å². The van der Waals surface area contributed by atoms with E-state index in [2.05, 4.69) is 13.8 Å². The van der Waals surface area contributed by atoms with E-state index in [0.717, 1.165) is 6.07 Å². The van der Waals surface area contributed by atoms with E-state index < -0.39 is 11.7 Å². The van der Waals surface area contributed by atoms with E-state index in [0.29, 0.717) is 37.7 Å². The molecule has 1 fully saturated rings. The summed E-state index contributed by atoms with van der Waals surface area (Å²) in [6.07, 6.45) is -4.19. The summed E-state index contributed by atoms with van der Waals surface area (Å²) in [6, 6.07) is 5.80. The fourth-order valence-corrected chi connectivity index (χ4v) is 2.45. The van der Waals surface area contributed by atoms with Crippen LogP contribution in [0.5, 0.6) is 0 Å². The van der Waals surface area contributed by atoms with Crippen molar-refractivity contribution in [2.45, 2.75) is 32.7 Å². The number of hydrogen-bond acceptors (Lipinski definition) is 2. The highest BCUT2D eigenvalue weighted by Crippen LogP contribution is 2.32. The minimum atomic E-state index is -4.29. The fourth-order valence-electron chi connectivity index (χ4n) is 2.45.